The molecule has 2 aromatic carbocycles. The molecule has 3 fully saturated rings. The Hall–Kier alpha value is -7.84. The van der Waals surface area contributed by atoms with Gasteiger partial charge in [-0.25, -0.2) is 19.3 Å². The van der Waals surface area contributed by atoms with Gasteiger partial charge in [0, 0.05) is 119 Å². The third-order valence-electron chi connectivity index (χ3n) is 15.1. The molecule has 0 bridgehead atoms. The summed E-state index contributed by atoms with van der Waals surface area (Å²) in [6.45, 7) is 12.6. The predicted octanol–water partition coefficient (Wildman–Crippen LogP) is 4.56. The van der Waals surface area contributed by atoms with Crippen molar-refractivity contribution >= 4 is 64.1 Å². The number of halogens is 4. The van der Waals surface area contributed by atoms with E-state index >= 15 is 4.39 Å². The number of pyridine rings is 1. The van der Waals surface area contributed by atoms with Gasteiger partial charge in [-0.2, -0.15) is 13.2 Å². The van der Waals surface area contributed by atoms with Gasteiger partial charge in [-0.3, -0.25) is 38.5 Å². The first kappa shape index (κ1) is 60.3. The zero-order valence-electron chi connectivity index (χ0n) is 46.5. The van der Waals surface area contributed by atoms with Crippen molar-refractivity contribution < 1.29 is 51.4 Å². The summed E-state index contributed by atoms with van der Waals surface area (Å²) in [4.78, 5) is 117. The summed E-state index contributed by atoms with van der Waals surface area (Å²) < 4.78 is 58.2. The summed E-state index contributed by atoms with van der Waals surface area (Å²) in [5, 5.41) is 21.2. The molecule has 5 aromatic rings. The highest BCUT2D eigenvalue weighted by atomic mass is 32.1. The van der Waals surface area contributed by atoms with Gasteiger partial charge in [-0.15, -0.1) is 11.3 Å². The van der Waals surface area contributed by atoms with E-state index in [1.165, 1.54) is 40.8 Å². The summed E-state index contributed by atoms with van der Waals surface area (Å²) in [5.41, 5.74) is 0.806. The number of carbonyl (C=O) groups is 6. The molecule has 0 spiro atoms. The van der Waals surface area contributed by atoms with Crippen LogP contribution in [0.5, 0.6) is 0 Å². The van der Waals surface area contributed by atoms with E-state index < -0.39 is 88.4 Å². The number of carbonyl (C=O) groups excluding carboxylic acids is 6. The molecule has 3 aliphatic heterocycles. The summed E-state index contributed by atoms with van der Waals surface area (Å²) in [5.74, 6) is -4.18. The second-order valence-electron chi connectivity index (χ2n) is 22.1. The first-order chi connectivity index (χ1) is 38.7. The van der Waals surface area contributed by atoms with Crippen LogP contribution in [0.4, 0.5) is 34.9 Å². The number of β-amino-alcohol motifs (C(OH)–C–C–N with tert-alkyl or cyclic N) is 1. The number of aromatic amines is 1. The number of aliphatic hydroxyl groups excluding tert-OH is 1. The monoisotopic (exact) mass is 1160 g/mol. The average molecular weight is 1160 g/mol. The molecule has 0 saturated carbocycles. The van der Waals surface area contributed by atoms with E-state index in [-0.39, 0.29) is 91.9 Å². The molecule has 3 aliphatic rings. The number of H-pyrrole nitrogens is 1. The topological polar surface area (TPSA) is 258 Å². The number of benzene rings is 2. The molecule has 8 rings (SSSR count). The van der Waals surface area contributed by atoms with Crippen molar-refractivity contribution in [3.63, 3.8) is 0 Å². The number of hydrogen-bond donors (Lipinski definition) is 6. The van der Waals surface area contributed by atoms with E-state index in [1.54, 1.807) is 31.2 Å². The molecule has 6 N–H and O–H groups in total. The SMILES string of the molecule is Cc1ncsc1-c1ccc(CNC(=O)[C@@H]2C[C@@H](O)CN2C(=O)C(NC(=O)CNC(=O)CCC(=O)N2CCN(c3ncc(-c4cc(NC(=O)c5c[nH]c(=O)cc5C(F)(F)F)c(N5C[C@@H](C)N(C)[C@@H](C)C5)cc4F)cn3)CC2)C(C)(C)C)cc1. The number of amides is 6. The van der Waals surface area contributed by atoms with Gasteiger partial charge in [0.1, 0.15) is 17.9 Å². The van der Waals surface area contributed by atoms with Crippen LogP contribution in [0.3, 0.4) is 0 Å². The molecular formula is C56H67F4N13O8S. The number of aliphatic hydroxyl groups is 1. The molecule has 5 atom stereocenters. The zero-order valence-corrected chi connectivity index (χ0v) is 47.3. The van der Waals surface area contributed by atoms with Crippen molar-refractivity contribution in [1.29, 1.82) is 0 Å². The smallest absolute Gasteiger partial charge is 0.391 e. The fourth-order valence-electron chi connectivity index (χ4n) is 10.2. The minimum absolute atomic E-state index is 0.000304. The zero-order chi connectivity index (χ0) is 59.4. The number of aryl methyl sites for hydroxylation is 1. The van der Waals surface area contributed by atoms with Crippen molar-refractivity contribution in [2.75, 3.05) is 74.5 Å². The molecule has 1 unspecified atom stereocenters. The molecule has 26 heteroatoms. The number of thiazole rings is 1. The quantitative estimate of drug-likeness (QED) is 0.0741. The maximum Gasteiger partial charge on any atom is 0.417 e. The molecule has 21 nitrogen and oxygen atoms in total. The highest BCUT2D eigenvalue weighted by Crippen LogP contribution is 2.38. The summed E-state index contributed by atoms with van der Waals surface area (Å²) in [6, 6.07) is 8.40. The van der Waals surface area contributed by atoms with Crippen molar-refractivity contribution in [3.8, 4) is 21.6 Å². The van der Waals surface area contributed by atoms with Gasteiger partial charge in [-0.05, 0) is 56.5 Å². The van der Waals surface area contributed by atoms with Crippen LogP contribution in [0.1, 0.15) is 81.1 Å². The van der Waals surface area contributed by atoms with Gasteiger partial charge in [0.25, 0.3) is 5.91 Å². The Balaban J connectivity index is 0.819. The Bertz CT molecular complexity index is 3220. The van der Waals surface area contributed by atoms with Crippen LogP contribution in [-0.4, -0.2) is 165 Å². The maximum atomic E-state index is 16.2. The largest absolute Gasteiger partial charge is 0.417 e. The Morgan fingerprint density at radius 2 is 1.52 bits per heavy atom. The van der Waals surface area contributed by atoms with Gasteiger partial charge in [0.2, 0.25) is 41.0 Å². The summed E-state index contributed by atoms with van der Waals surface area (Å²) in [6.07, 6.45) is -2.93. The minimum Gasteiger partial charge on any atom is -0.391 e. The molecule has 6 amide bonds. The number of hydrogen-bond acceptors (Lipinski definition) is 15. The van der Waals surface area contributed by atoms with Crippen LogP contribution in [0.15, 0.2) is 71.4 Å². The number of alkyl halides is 3. The second kappa shape index (κ2) is 25.1. The Labute approximate surface area is 474 Å². The van der Waals surface area contributed by atoms with Gasteiger partial charge >= 0.3 is 6.18 Å². The number of likely N-dealkylation sites (N-methyl/N-ethyl adjacent to an activating group) is 1. The normalized spacial score (nSPS) is 19.2. The summed E-state index contributed by atoms with van der Waals surface area (Å²) >= 11 is 1.54. The minimum atomic E-state index is -5.02. The first-order valence-electron chi connectivity index (χ1n) is 26.8. The highest BCUT2D eigenvalue weighted by Gasteiger charge is 2.45. The highest BCUT2D eigenvalue weighted by molar-refractivity contribution is 7.13. The fraction of sp³-hybridized carbons (Fsp3) is 0.464. The number of aromatic nitrogens is 4. The molecule has 438 valence electrons. The Kier molecular flexibility index (Phi) is 18.5. The lowest BCUT2D eigenvalue weighted by molar-refractivity contribution is -0.144. The Morgan fingerprint density at radius 3 is 2.15 bits per heavy atom. The van der Waals surface area contributed by atoms with E-state index in [9.17, 15) is 51.8 Å². The van der Waals surface area contributed by atoms with E-state index in [0.717, 1.165) is 21.7 Å². The molecular weight excluding hydrogens is 1090 g/mol. The maximum absolute atomic E-state index is 16.2. The third kappa shape index (κ3) is 14.2. The number of likely N-dealkylation sites (tertiary alicyclic amines) is 1. The van der Waals surface area contributed by atoms with Crippen LogP contribution in [0.2, 0.25) is 0 Å². The number of nitrogens with one attached hydrogen (secondary N) is 5. The van der Waals surface area contributed by atoms with Crippen LogP contribution >= 0.6 is 11.3 Å². The first-order valence-corrected chi connectivity index (χ1v) is 27.7. The lowest BCUT2D eigenvalue weighted by Crippen LogP contribution is -2.58. The van der Waals surface area contributed by atoms with Crippen LogP contribution in [0.25, 0.3) is 21.6 Å². The van der Waals surface area contributed by atoms with Crippen LogP contribution in [0, 0.1) is 18.2 Å². The molecule has 0 radical (unpaired) electrons. The third-order valence-corrected chi connectivity index (χ3v) is 16.1. The number of anilines is 3. The van der Waals surface area contributed by atoms with Gasteiger partial charge in [0.05, 0.1) is 51.2 Å². The standard InChI is InChI=1S/C56H67F4N13O8S/c1-31-27-72(28-32(2)69(31)7)43-21-41(57)38(19-42(43)67-51(79)39-25-61-46(76)20-40(39)56(58,59)60)36-23-64-54(65-24-36)71-16-14-70(15-17-71)48(78)13-12-45(75)62-26-47(77)68-50(55(4,5)6)53(81)73-29-37(74)18-44(73)52(80)63-22-34-8-10-35(11-9-34)49-33(3)66-30-82-49/h8-11,19-21,23-25,30-32,37,44,50,74H,12-18,22,26-29H2,1-7H3,(H,61,76)(H,62,75)(H,63,80)(H,67,79)(H,68,77)/t31-,32+,37-,44+,50?/m1/s1. The molecule has 82 heavy (non-hydrogen) atoms. The van der Waals surface area contributed by atoms with Crippen molar-refractivity contribution in [1.82, 2.24) is 50.6 Å². The number of nitrogens with zero attached hydrogens (tertiary/aromatic N) is 8. The van der Waals surface area contributed by atoms with E-state index in [2.05, 4.69) is 46.1 Å². The number of rotatable bonds is 16. The molecule has 0 aliphatic carbocycles. The molecule has 3 saturated heterocycles. The predicted molar refractivity (Wildman–Crippen MR) is 299 cm³/mol. The van der Waals surface area contributed by atoms with Crippen molar-refractivity contribution in [2.45, 2.75) is 104 Å². The van der Waals surface area contributed by atoms with Crippen LogP contribution in [-0.2, 0) is 36.7 Å². The fourth-order valence-corrected chi connectivity index (χ4v) is 11.1. The average Bonchev–Trinajstić information content (AvgIpc) is 4.10. The molecule has 6 heterocycles. The van der Waals surface area contributed by atoms with Crippen molar-refractivity contribution in [3.05, 3.63) is 105 Å². The Morgan fingerprint density at radius 1 is 0.854 bits per heavy atom. The van der Waals surface area contributed by atoms with E-state index in [0.29, 0.717) is 38.4 Å². The van der Waals surface area contributed by atoms with E-state index in [4.69, 9.17) is 0 Å². The van der Waals surface area contributed by atoms with Gasteiger partial charge in [0.15, 0.2) is 0 Å². The van der Waals surface area contributed by atoms with Crippen LogP contribution < -0.4 is 36.6 Å². The molecule has 3 aromatic heterocycles. The van der Waals surface area contributed by atoms with Gasteiger partial charge in [-0.1, -0.05) is 45.0 Å². The van der Waals surface area contributed by atoms with Crippen molar-refractivity contribution in [2.24, 2.45) is 5.41 Å². The summed E-state index contributed by atoms with van der Waals surface area (Å²) in [7, 11) is 1.95. The van der Waals surface area contributed by atoms with Gasteiger partial charge < -0.3 is 51.0 Å². The second-order valence-corrected chi connectivity index (χ2v) is 22.9. The lowest BCUT2D eigenvalue weighted by atomic mass is 9.85. The lowest BCUT2D eigenvalue weighted by Gasteiger charge is -2.44. The number of piperazine rings is 2. The van der Waals surface area contributed by atoms with E-state index in [1.807, 2.05) is 61.9 Å².